The summed E-state index contributed by atoms with van der Waals surface area (Å²) in [5.41, 5.74) is 0.627. The van der Waals surface area contributed by atoms with E-state index in [1.165, 1.54) is 6.26 Å². The third-order valence-electron chi connectivity index (χ3n) is 4.00. The summed E-state index contributed by atoms with van der Waals surface area (Å²) in [6.45, 7) is 3.93. The van der Waals surface area contributed by atoms with Crippen molar-refractivity contribution in [2.75, 3.05) is 39.0 Å². The predicted molar refractivity (Wildman–Crippen MR) is 88.7 cm³/mol. The zero-order valence-corrected chi connectivity index (χ0v) is 14.2. The minimum absolute atomic E-state index is 0.417. The Morgan fingerprint density at radius 3 is 2.52 bits per heavy atom. The fraction of sp³-hybridized carbons (Fsp3) is 0.562. The third-order valence-corrected chi connectivity index (χ3v) is 4.69. The Morgan fingerprint density at radius 1 is 1.30 bits per heavy atom. The van der Waals surface area contributed by atoms with Gasteiger partial charge in [-0.15, -0.1) is 0 Å². The summed E-state index contributed by atoms with van der Waals surface area (Å²) in [6, 6.07) is 9.18. The van der Waals surface area contributed by atoms with Gasteiger partial charge in [-0.1, -0.05) is 0 Å². The number of sulfonamides is 1. The van der Waals surface area contributed by atoms with E-state index in [4.69, 9.17) is 10.00 Å². The molecule has 1 aromatic rings. The zero-order chi connectivity index (χ0) is 16.7. The molecule has 0 atom stereocenters. The molecule has 0 spiro atoms. The molecule has 6 nitrogen and oxygen atoms in total. The number of likely N-dealkylation sites (tertiary alicyclic amines) is 1. The Hall–Kier alpha value is -1.62. The van der Waals surface area contributed by atoms with Crippen LogP contribution >= 0.6 is 0 Å². The number of benzene rings is 1. The van der Waals surface area contributed by atoms with Crippen LogP contribution in [0.5, 0.6) is 5.75 Å². The summed E-state index contributed by atoms with van der Waals surface area (Å²) in [5.74, 6) is 1.19. The van der Waals surface area contributed by atoms with Crippen LogP contribution in [-0.4, -0.2) is 52.4 Å². The molecule has 7 heteroatoms. The van der Waals surface area contributed by atoms with Gasteiger partial charge in [0.05, 0.1) is 17.9 Å². The fourth-order valence-electron chi connectivity index (χ4n) is 2.60. The number of ether oxygens (including phenoxy) is 1. The van der Waals surface area contributed by atoms with Crippen molar-refractivity contribution in [1.29, 1.82) is 5.26 Å². The molecular weight excluding hydrogens is 314 g/mol. The number of nitrogens with one attached hydrogen (secondary N) is 1. The van der Waals surface area contributed by atoms with Gasteiger partial charge in [-0.25, -0.2) is 13.1 Å². The summed E-state index contributed by atoms with van der Waals surface area (Å²) in [5, 5.41) is 8.74. The molecule has 0 amide bonds. The van der Waals surface area contributed by atoms with E-state index < -0.39 is 10.0 Å². The average Bonchev–Trinajstić information content (AvgIpc) is 2.54. The zero-order valence-electron chi connectivity index (χ0n) is 13.4. The largest absolute Gasteiger partial charge is 0.492 e. The van der Waals surface area contributed by atoms with Crippen LogP contribution < -0.4 is 9.46 Å². The highest BCUT2D eigenvalue weighted by Crippen LogP contribution is 2.17. The van der Waals surface area contributed by atoms with E-state index in [9.17, 15) is 8.42 Å². The molecule has 126 valence electrons. The molecule has 1 aliphatic rings. The second kappa shape index (κ2) is 8.29. The first kappa shape index (κ1) is 17.7. The Bertz CT molecular complexity index is 630. The molecule has 0 aromatic heterocycles. The lowest BCUT2D eigenvalue weighted by Gasteiger charge is -2.31. The van der Waals surface area contributed by atoms with E-state index >= 15 is 0 Å². The topological polar surface area (TPSA) is 82.4 Å². The van der Waals surface area contributed by atoms with Gasteiger partial charge >= 0.3 is 0 Å². The maximum Gasteiger partial charge on any atom is 0.208 e. The molecule has 1 fully saturated rings. The van der Waals surface area contributed by atoms with Gasteiger partial charge in [0, 0.05) is 13.1 Å². The summed E-state index contributed by atoms with van der Waals surface area (Å²) >= 11 is 0. The summed E-state index contributed by atoms with van der Waals surface area (Å²) in [4.78, 5) is 2.33. The lowest BCUT2D eigenvalue weighted by atomic mass is 9.97. The summed E-state index contributed by atoms with van der Waals surface area (Å²) in [6.07, 6.45) is 3.20. The van der Waals surface area contributed by atoms with Crippen molar-refractivity contribution >= 4 is 10.0 Å². The fourth-order valence-corrected chi connectivity index (χ4v) is 3.14. The highest BCUT2D eigenvalue weighted by atomic mass is 32.2. The first-order chi connectivity index (χ1) is 11.0. The molecular formula is C16H23N3O3S. The van der Waals surface area contributed by atoms with Crippen molar-refractivity contribution in [3.8, 4) is 11.8 Å². The molecule has 0 aliphatic carbocycles. The minimum atomic E-state index is -3.09. The molecule has 0 unspecified atom stereocenters. The second-order valence-electron chi connectivity index (χ2n) is 5.89. The van der Waals surface area contributed by atoms with Crippen LogP contribution in [0.25, 0.3) is 0 Å². The van der Waals surface area contributed by atoms with Crippen LogP contribution in [0.4, 0.5) is 0 Å². The monoisotopic (exact) mass is 337 g/mol. The number of nitriles is 1. The molecule has 0 saturated carbocycles. The van der Waals surface area contributed by atoms with E-state index in [0.29, 0.717) is 24.6 Å². The van der Waals surface area contributed by atoms with Crippen molar-refractivity contribution < 1.29 is 13.2 Å². The number of piperidine rings is 1. The van der Waals surface area contributed by atoms with Crippen LogP contribution in [-0.2, 0) is 10.0 Å². The maximum absolute atomic E-state index is 11.1. The number of nitrogens with zero attached hydrogens (tertiary/aromatic N) is 2. The van der Waals surface area contributed by atoms with E-state index in [0.717, 1.165) is 38.2 Å². The Morgan fingerprint density at radius 2 is 1.96 bits per heavy atom. The molecule has 1 heterocycles. The smallest absolute Gasteiger partial charge is 0.208 e. The van der Waals surface area contributed by atoms with Crippen molar-refractivity contribution in [2.45, 2.75) is 12.8 Å². The first-order valence-corrected chi connectivity index (χ1v) is 9.65. The minimum Gasteiger partial charge on any atom is -0.492 e. The maximum atomic E-state index is 11.1. The molecule has 0 bridgehead atoms. The van der Waals surface area contributed by atoms with Gasteiger partial charge in [-0.2, -0.15) is 5.26 Å². The van der Waals surface area contributed by atoms with Crippen molar-refractivity contribution in [1.82, 2.24) is 9.62 Å². The molecule has 1 saturated heterocycles. The van der Waals surface area contributed by atoms with Gasteiger partial charge in [0.2, 0.25) is 10.0 Å². The normalized spacial score (nSPS) is 16.9. The van der Waals surface area contributed by atoms with Crippen molar-refractivity contribution in [3.63, 3.8) is 0 Å². The third kappa shape index (κ3) is 6.57. The molecule has 0 radical (unpaired) electrons. The molecule has 1 aliphatic heterocycles. The highest BCUT2D eigenvalue weighted by molar-refractivity contribution is 7.88. The average molecular weight is 337 g/mol. The van der Waals surface area contributed by atoms with E-state index in [2.05, 4.69) is 15.7 Å². The van der Waals surface area contributed by atoms with E-state index in [1.54, 1.807) is 12.1 Å². The van der Waals surface area contributed by atoms with Gasteiger partial charge < -0.3 is 4.74 Å². The van der Waals surface area contributed by atoms with Gasteiger partial charge in [0.1, 0.15) is 12.4 Å². The van der Waals surface area contributed by atoms with Crippen molar-refractivity contribution in [3.05, 3.63) is 29.8 Å². The molecule has 1 aromatic carbocycles. The second-order valence-corrected chi connectivity index (χ2v) is 7.72. The van der Waals surface area contributed by atoms with Gasteiger partial charge in [0.25, 0.3) is 0 Å². The predicted octanol–water partition coefficient (Wildman–Crippen LogP) is 1.20. The van der Waals surface area contributed by atoms with Crippen LogP contribution in [0.15, 0.2) is 24.3 Å². The quantitative estimate of drug-likeness (QED) is 0.808. The van der Waals surface area contributed by atoms with Crippen LogP contribution in [0.1, 0.15) is 18.4 Å². The van der Waals surface area contributed by atoms with Crippen LogP contribution in [0.3, 0.4) is 0 Å². The Labute approximate surface area is 138 Å². The van der Waals surface area contributed by atoms with Crippen molar-refractivity contribution in [2.24, 2.45) is 5.92 Å². The number of hydrogen-bond donors (Lipinski definition) is 1. The SMILES string of the molecule is CS(=O)(=O)NCC1CCN(CCOc2ccc(C#N)cc2)CC1. The molecule has 23 heavy (non-hydrogen) atoms. The number of hydrogen-bond acceptors (Lipinski definition) is 5. The summed E-state index contributed by atoms with van der Waals surface area (Å²) < 4.78 is 30.5. The first-order valence-electron chi connectivity index (χ1n) is 7.76. The van der Waals surface area contributed by atoms with Crippen LogP contribution in [0, 0.1) is 17.2 Å². The highest BCUT2D eigenvalue weighted by Gasteiger charge is 2.19. The van der Waals surface area contributed by atoms with Gasteiger partial charge in [0.15, 0.2) is 0 Å². The van der Waals surface area contributed by atoms with E-state index in [-0.39, 0.29) is 0 Å². The Kier molecular flexibility index (Phi) is 6.39. The van der Waals surface area contributed by atoms with Gasteiger partial charge in [-0.3, -0.25) is 4.90 Å². The van der Waals surface area contributed by atoms with Crippen LogP contribution in [0.2, 0.25) is 0 Å². The summed E-state index contributed by atoms with van der Waals surface area (Å²) in [7, 11) is -3.09. The molecule has 1 N–H and O–H groups in total. The standard InChI is InChI=1S/C16H23N3O3S/c1-23(20,21)18-13-15-6-8-19(9-7-15)10-11-22-16-4-2-14(12-17)3-5-16/h2-5,15,18H,6-11,13H2,1H3. The number of rotatable bonds is 7. The molecule has 2 rings (SSSR count). The Balaban J connectivity index is 1.63. The lowest BCUT2D eigenvalue weighted by Crippen LogP contribution is -2.40. The van der Waals surface area contributed by atoms with Gasteiger partial charge in [-0.05, 0) is 56.1 Å². The lowest BCUT2D eigenvalue weighted by molar-refractivity contribution is 0.156. The van der Waals surface area contributed by atoms with E-state index in [1.807, 2.05) is 12.1 Å².